The summed E-state index contributed by atoms with van der Waals surface area (Å²) >= 11 is 0. The summed E-state index contributed by atoms with van der Waals surface area (Å²) in [5.41, 5.74) is 0.806. The highest BCUT2D eigenvalue weighted by Gasteiger charge is 2.38. The Morgan fingerprint density at radius 1 is 1.50 bits per heavy atom. The lowest BCUT2D eigenvalue weighted by atomic mass is 10.1. The van der Waals surface area contributed by atoms with Crippen molar-refractivity contribution >= 4 is 16.0 Å². The van der Waals surface area contributed by atoms with Crippen molar-refractivity contribution in [2.24, 2.45) is 0 Å². The molecular formula is C13H15N3O5S. The molecule has 0 spiro atoms. The second kappa shape index (κ2) is 5.58. The third kappa shape index (κ3) is 2.42. The number of hydrogen-bond acceptors (Lipinski definition) is 6. The smallest absolute Gasteiger partial charge is 0.374 e. The van der Waals surface area contributed by atoms with Gasteiger partial charge in [-0.3, -0.25) is 5.10 Å². The Labute approximate surface area is 127 Å². The van der Waals surface area contributed by atoms with Crippen molar-refractivity contribution in [1.82, 2.24) is 14.5 Å². The zero-order valence-electron chi connectivity index (χ0n) is 11.9. The summed E-state index contributed by atoms with van der Waals surface area (Å²) in [6.45, 7) is 0.395. The van der Waals surface area contributed by atoms with Gasteiger partial charge in [0.25, 0.3) is 10.0 Å². The van der Waals surface area contributed by atoms with Crippen LogP contribution in [0, 0.1) is 0 Å². The average molecular weight is 325 g/mol. The van der Waals surface area contributed by atoms with E-state index in [9.17, 15) is 13.2 Å². The van der Waals surface area contributed by atoms with Crippen molar-refractivity contribution in [1.29, 1.82) is 0 Å². The van der Waals surface area contributed by atoms with Gasteiger partial charge in [0.05, 0.1) is 19.3 Å². The monoisotopic (exact) mass is 325 g/mol. The molecule has 118 valence electrons. The topological polar surface area (TPSA) is 106 Å². The van der Waals surface area contributed by atoms with Crippen LogP contribution in [-0.2, 0) is 14.8 Å². The molecule has 1 fully saturated rings. The molecule has 2 aromatic rings. The van der Waals surface area contributed by atoms with E-state index in [1.54, 1.807) is 12.4 Å². The third-order valence-corrected chi connectivity index (χ3v) is 5.42. The molecule has 0 saturated carbocycles. The van der Waals surface area contributed by atoms with Gasteiger partial charge >= 0.3 is 5.97 Å². The van der Waals surface area contributed by atoms with Gasteiger partial charge in [0.2, 0.25) is 10.9 Å². The van der Waals surface area contributed by atoms with Crippen molar-refractivity contribution < 1.29 is 22.4 Å². The first-order valence-corrected chi connectivity index (χ1v) is 8.16. The molecule has 1 saturated heterocycles. The summed E-state index contributed by atoms with van der Waals surface area (Å²) in [5, 5.41) is 6.29. The van der Waals surface area contributed by atoms with Crippen LogP contribution in [0.5, 0.6) is 0 Å². The highest BCUT2D eigenvalue weighted by Crippen LogP contribution is 2.36. The zero-order valence-corrected chi connectivity index (χ0v) is 12.7. The highest BCUT2D eigenvalue weighted by molar-refractivity contribution is 7.89. The third-order valence-electron chi connectivity index (χ3n) is 3.64. The van der Waals surface area contributed by atoms with Gasteiger partial charge in [-0.1, -0.05) is 0 Å². The van der Waals surface area contributed by atoms with Crippen LogP contribution in [0.2, 0.25) is 0 Å². The summed E-state index contributed by atoms with van der Waals surface area (Å²) in [6, 6.07) is 2.28. The predicted octanol–water partition coefficient (Wildman–Crippen LogP) is 1.32. The minimum absolute atomic E-state index is 0.139. The fourth-order valence-corrected chi connectivity index (χ4v) is 4.19. The molecule has 0 aromatic carbocycles. The first-order valence-electron chi connectivity index (χ1n) is 6.72. The van der Waals surface area contributed by atoms with Gasteiger partial charge in [0.1, 0.15) is 0 Å². The van der Waals surface area contributed by atoms with Crippen LogP contribution >= 0.6 is 0 Å². The Bertz CT molecular complexity index is 765. The van der Waals surface area contributed by atoms with Crippen LogP contribution in [0.4, 0.5) is 0 Å². The fraction of sp³-hybridized carbons (Fsp3) is 0.385. The molecular weight excluding hydrogens is 310 g/mol. The van der Waals surface area contributed by atoms with Crippen molar-refractivity contribution in [3.63, 3.8) is 0 Å². The SMILES string of the molecule is COC(=O)c1ccc(S(=O)(=O)N2CCC[C@H]2c2cn[nH]c2)o1. The number of sulfonamides is 1. The molecule has 0 amide bonds. The van der Waals surface area contributed by atoms with Gasteiger partial charge in [0, 0.05) is 18.3 Å². The normalized spacial score (nSPS) is 19.4. The van der Waals surface area contributed by atoms with Crippen LogP contribution in [0.1, 0.15) is 35.0 Å². The number of hydrogen-bond donors (Lipinski definition) is 1. The van der Waals surface area contributed by atoms with Crippen LogP contribution in [-0.4, -0.2) is 42.5 Å². The summed E-state index contributed by atoms with van der Waals surface area (Å²) < 4.78 is 36.5. The number of nitrogens with zero attached hydrogens (tertiary/aromatic N) is 2. The van der Waals surface area contributed by atoms with E-state index in [2.05, 4.69) is 14.9 Å². The summed E-state index contributed by atoms with van der Waals surface area (Å²) in [7, 11) is -2.61. The molecule has 9 heteroatoms. The van der Waals surface area contributed by atoms with Gasteiger partial charge in [-0.2, -0.15) is 9.40 Å². The molecule has 1 N–H and O–H groups in total. The molecule has 8 nitrogen and oxygen atoms in total. The Morgan fingerprint density at radius 3 is 3.00 bits per heavy atom. The van der Waals surface area contributed by atoms with E-state index in [4.69, 9.17) is 4.42 Å². The van der Waals surface area contributed by atoms with Crippen molar-refractivity contribution in [2.45, 2.75) is 24.0 Å². The number of aromatic amines is 1. The summed E-state index contributed by atoms with van der Waals surface area (Å²) in [4.78, 5) is 11.4. The van der Waals surface area contributed by atoms with Crippen LogP contribution in [0.15, 0.2) is 34.0 Å². The highest BCUT2D eigenvalue weighted by atomic mass is 32.2. The molecule has 0 aliphatic carbocycles. The number of rotatable bonds is 4. The molecule has 2 aromatic heterocycles. The lowest BCUT2D eigenvalue weighted by molar-refractivity contribution is 0.0558. The number of esters is 1. The molecule has 0 bridgehead atoms. The van der Waals surface area contributed by atoms with Crippen molar-refractivity contribution in [2.75, 3.05) is 13.7 Å². The first kappa shape index (κ1) is 14.8. The lowest BCUT2D eigenvalue weighted by Crippen LogP contribution is -2.30. The van der Waals surface area contributed by atoms with Crippen LogP contribution in [0.3, 0.4) is 0 Å². The fourth-order valence-electron chi connectivity index (χ4n) is 2.59. The number of aromatic nitrogens is 2. The molecule has 22 heavy (non-hydrogen) atoms. The molecule has 0 radical (unpaired) electrons. The standard InChI is InChI=1S/C13H15N3O5S/c1-20-13(17)11-4-5-12(21-11)22(18,19)16-6-2-3-10(16)9-7-14-15-8-9/h4-5,7-8,10H,2-3,6H2,1H3,(H,14,15)/t10-/m0/s1. The lowest BCUT2D eigenvalue weighted by Gasteiger charge is -2.21. The number of H-pyrrole nitrogens is 1. The van der Waals surface area contributed by atoms with E-state index in [1.807, 2.05) is 0 Å². The zero-order chi connectivity index (χ0) is 15.7. The number of nitrogens with one attached hydrogen (secondary N) is 1. The molecule has 3 rings (SSSR count). The molecule has 3 heterocycles. The van der Waals surface area contributed by atoms with Gasteiger partial charge in [-0.05, 0) is 25.0 Å². The van der Waals surface area contributed by atoms with Gasteiger partial charge in [-0.15, -0.1) is 0 Å². The minimum atomic E-state index is -3.82. The predicted molar refractivity (Wildman–Crippen MR) is 74.5 cm³/mol. The van der Waals surface area contributed by atoms with E-state index in [-0.39, 0.29) is 16.9 Å². The van der Waals surface area contributed by atoms with Crippen LogP contribution < -0.4 is 0 Å². The van der Waals surface area contributed by atoms with Gasteiger partial charge in [0.15, 0.2) is 0 Å². The first-order chi connectivity index (χ1) is 10.5. The number of carbonyl (C=O) groups excluding carboxylic acids is 1. The van der Waals surface area contributed by atoms with E-state index < -0.39 is 16.0 Å². The van der Waals surface area contributed by atoms with E-state index in [0.29, 0.717) is 13.0 Å². The number of carbonyl (C=O) groups is 1. The molecule has 1 aliphatic rings. The van der Waals surface area contributed by atoms with E-state index in [0.717, 1.165) is 12.0 Å². The largest absolute Gasteiger partial charge is 0.463 e. The quantitative estimate of drug-likeness (QED) is 0.850. The Kier molecular flexibility index (Phi) is 3.75. The van der Waals surface area contributed by atoms with E-state index in [1.165, 1.54) is 23.5 Å². The maximum absolute atomic E-state index is 12.7. The maximum Gasteiger partial charge on any atom is 0.374 e. The Balaban J connectivity index is 1.92. The summed E-state index contributed by atoms with van der Waals surface area (Å²) in [6.07, 6.45) is 4.75. The molecule has 1 aliphatic heterocycles. The number of ether oxygens (including phenoxy) is 1. The summed E-state index contributed by atoms with van der Waals surface area (Å²) in [5.74, 6) is -0.852. The number of furan rings is 1. The maximum atomic E-state index is 12.7. The van der Waals surface area contributed by atoms with Gasteiger partial charge < -0.3 is 9.15 Å². The molecule has 0 unspecified atom stereocenters. The van der Waals surface area contributed by atoms with Crippen LogP contribution in [0.25, 0.3) is 0 Å². The van der Waals surface area contributed by atoms with E-state index >= 15 is 0 Å². The van der Waals surface area contributed by atoms with Crippen molar-refractivity contribution in [3.05, 3.63) is 35.9 Å². The number of methoxy groups -OCH3 is 1. The van der Waals surface area contributed by atoms with Crippen molar-refractivity contribution in [3.8, 4) is 0 Å². The Hall–Kier alpha value is -2.13. The Morgan fingerprint density at radius 2 is 2.32 bits per heavy atom. The second-order valence-corrected chi connectivity index (χ2v) is 6.74. The van der Waals surface area contributed by atoms with Gasteiger partial charge in [-0.25, -0.2) is 13.2 Å². The average Bonchev–Trinajstić information content (AvgIpc) is 3.25. The second-order valence-electron chi connectivity index (χ2n) is 4.92. The molecule has 1 atom stereocenters. The minimum Gasteiger partial charge on any atom is -0.463 e.